The summed E-state index contributed by atoms with van der Waals surface area (Å²) >= 11 is 0. The zero-order chi connectivity index (χ0) is 27.5. The minimum Gasteiger partial charge on any atom is -0.487 e. The smallest absolute Gasteiger partial charge is 0.340 e. The van der Waals surface area contributed by atoms with Crippen molar-refractivity contribution in [3.05, 3.63) is 89.9 Å². The Morgan fingerprint density at radius 2 is 1.76 bits per heavy atom. The van der Waals surface area contributed by atoms with Crippen molar-refractivity contribution in [3.8, 4) is 5.75 Å². The fraction of sp³-hybridized carbons (Fsp3) is 0.231. The minimum absolute atomic E-state index is 0.0380. The van der Waals surface area contributed by atoms with E-state index in [2.05, 4.69) is 5.32 Å². The SMILES string of the molecule is Bc1ccc(S(=O)(=O)n2cc(CCNCc3cccc(OCC(F)(F)C(F)F)c3)c3ccc(F)cc32)cc1. The molecule has 0 saturated heterocycles. The van der Waals surface area contributed by atoms with Crippen molar-refractivity contribution < 1.29 is 35.1 Å². The lowest BCUT2D eigenvalue weighted by molar-refractivity contribution is -0.148. The third-order valence-corrected chi connectivity index (χ3v) is 7.63. The molecule has 0 aliphatic carbocycles. The number of benzene rings is 3. The summed E-state index contributed by atoms with van der Waals surface area (Å²) in [5, 5.41) is 3.77. The number of hydrogen-bond acceptors (Lipinski definition) is 4. The average molecular weight is 550 g/mol. The molecule has 0 aliphatic rings. The van der Waals surface area contributed by atoms with Crippen molar-refractivity contribution in [2.75, 3.05) is 13.2 Å². The summed E-state index contributed by atoms with van der Waals surface area (Å²) in [4.78, 5) is 0.0855. The first-order valence-corrected chi connectivity index (χ1v) is 13.1. The van der Waals surface area contributed by atoms with Crippen molar-refractivity contribution in [3.63, 3.8) is 0 Å². The second-order valence-corrected chi connectivity index (χ2v) is 10.7. The first-order chi connectivity index (χ1) is 18.0. The standard InChI is InChI=1S/C26H24BF5N2O3S/c27-19-4-7-22(8-5-19)38(35,36)34-15-18(23-9-6-20(28)13-24(23)34)10-11-33-14-17-2-1-3-21(12-17)37-16-26(31,32)25(29)30/h1-9,12-13,15,25,33H,10-11,14,16,27H2. The zero-order valence-electron chi connectivity index (χ0n) is 20.3. The van der Waals surface area contributed by atoms with Gasteiger partial charge in [-0.05, 0) is 66.6 Å². The van der Waals surface area contributed by atoms with Gasteiger partial charge in [0.25, 0.3) is 10.0 Å². The Bertz CT molecular complexity index is 1530. The van der Waals surface area contributed by atoms with Crippen molar-refractivity contribution in [2.24, 2.45) is 0 Å². The van der Waals surface area contributed by atoms with Gasteiger partial charge in [0, 0.05) is 18.1 Å². The van der Waals surface area contributed by atoms with E-state index in [1.807, 2.05) is 7.85 Å². The molecule has 0 unspecified atom stereocenters. The van der Waals surface area contributed by atoms with Crippen molar-refractivity contribution >= 4 is 34.2 Å². The number of alkyl halides is 4. The van der Waals surface area contributed by atoms with Crippen LogP contribution < -0.4 is 15.5 Å². The van der Waals surface area contributed by atoms with Crippen LogP contribution in [0.3, 0.4) is 0 Å². The molecular formula is C26H24BF5N2O3S. The van der Waals surface area contributed by atoms with Crippen LogP contribution in [-0.4, -0.2) is 45.7 Å². The average Bonchev–Trinajstić information content (AvgIpc) is 3.24. The van der Waals surface area contributed by atoms with Gasteiger partial charge >= 0.3 is 12.3 Å². The second kappa shape index (κ2) is 11.2. The number of rotatable bonds is 11. The number of aromatic nitrogens is 1. The fourth-order valence-electron chi connectivity index (χ4n) is 3.90. The van der Waals surface area contributed by atoms with E-state index in [1.165, 1.54) is 48.7 Å². The van der Waals surface area contributed by atoms with Crippen LogP contribution in [0.25, 0.3) is 10.9 Å². The molecule has 38 heavy (non-hydrogen) atoms. The van der Waals surface area contributed by atoms with Gasteiger partial charge in [0.15, 0.2) is 6.61 Å². The quantitative estimate of drug-likeness (QED) is 0.175. The predicted molar refractivity (Wildman–Crippen MR) is 137 cm³/mol. The van der Waals surface area contributed by atoms with E-state index in [-0.39, 0.29) is 16.2 Å². The molecule has 0 radical (unpaired) electrons. The van der Waals surface area contributed by atoms with E-state index in [9.17, 15) is 30.4 Å². The highest BCUT2D eigenvalue weighted by molar-refractivity contribution is 7.90. The van der Waals surface area contributed by atoms with Gasteiger partial charge in [-0.2, -0.15) is 8.78 Å². The van der Waals surface area contributed by atoms with E-state index >= 15 is 0 Å². The van der Waals surface area contributed by atoms with E-state index < -0.39 is 34.8 Å². The van der Waals surface area contributed by atoms with Gasteiger partial charge < -0.3 is 10.1 Å². The lowest BCUT2D eigenvalue weighted by Gasteiger charge is -2.16. The molecule has 5 nitrogen and oxygen atoms in total. The van der Waals surface area contributed by atoms with Gasteiger partial charge in [0.1, 0.15) is 19.4 Å². The highest BCUT2D eigenvalue weighted by Crippen LogP contribution is 2.27. The summed E-state index contributed by atoms with van der Waals surface area (Å²) in [6.07, 6.45) is -1.92. The monoisotopic (exact) mass is 550 g/mol. The van der Waals surface area contributed by atoms with Crippen molar-refractivity contribution in [1.82, 2.24) is 9.29 Å². The zero-order valence-corrected chi connectivity index (χ0v) is 21.1. The molecule has 0 spiro atoms. The largest absolute Gasteiger partial charge is 0.487 e. The van der Waals surface area contributed by atoms with Gasteiger partial charge in [-0.3, -0.25) is 0 Å². The van der Waals surface area contributed by atoms with Gasteiger partial charge in [-0.25, -0.2) is 25.6 Å². The van der Waals surface area contributed by atoms with Crippen molar-refractivity contribution in [1.29, 1.82) is 0 Å². The highest BCUT2D eigenvalue weighted by atomic mass is 32.2. The van der Waals surface area contributed by atoms with Crippen molar-refractivity contribution in [2.45, 2.75) is 30.2 Å². The molecule has 1 N–H and O–H groups in total. The van der Waals surface area contributed by atoms with Crippen LogP contribution in [-0.2, 0) is 23.0 Å². The number of nitrogens with zero attached hydrogens (tertiary/aromatic N) is 1. The maximum atomic E-state index is 14.0. The van der Waals surface area contributed by atoms with Crippen LogP contribution in [0.5, 0.6) is 5.75 Å². The molecule has 200 valence electrons. The first kappa shape index (κ1) is 27.7. The molecule has 0 aliphatic heterocycles. The molecule has 0 atom stereocenters. The first-order valence-electron chi connectivity index (χ1n) is 11.7. The van der Waals surface area contributed by atoms with E-state index in [0.717, 1.165) is 9.44 Å². The Labute approximate surface area is 217 Å². The molecule has 0 saturated carbocycles. The molecular weight excluding hydrogens is 526 g/mol. The summed E-state index contributed by atoms with van der Waals surface area (Å²) in [5.41, 5.74) is 2.50. The number of nitrogens with one attached hydrogen (secondary N) is 1. The minimum atomic E-state index is -4.25. The lowest BCUT2D eigenvalue weighted by Crippen LogP contribution is -2.33. The second-order valence-electron chi connectivity index (χ2n) is 8.85. The van der Waals surface area contributed by atoms with Crippen LogP contribution in [0.15, 0.2) is 77.8 Å². The number of hydrogen-bond donors (Lipinski definition) is 1. The van der Waals surface area contributed by atoms with Crippen LogP contribution >= 0.6 is 0 Å². The van der Waals surface area contributed by atoms with Crippen LogP contribution in [0.4, 0.5) is 22.0 Å². The van der Waals surface area contributed by atoms with Gasteiger partial charge in [0.2, 0.25) is 0 Å². The Balaban J connectivity index is 1.45. The normalized spacial score (nSPS) is 12.4. The molecule has 0 fully saturated rings. The maximum Gasteiger partial charge on any atom is 0.340 e. The molecule has 12 heteroatoms. The summed E-state index contributed by atoms with van der Waals surface area (Å²) in [6, 6.07) is 16.5. The number of fused-ring (bicyclic) bond motifs is 1. The molecule has 0 amide bonds. The van der Waals surface area contributed by atoms with Crippen LogP contribution in [0.2, 0.25) is 0 Å². The molecule has 0 bridgehead atoms. The molecule has 3 aromatic carbocycles. The maximum absolute atomic E-state index is 14.0. The Morgan fingerprint density at radius 1 is 1.03 bits per heavy atom. The molecule has 1 aromatic heterocycles. The topological polar surface area (TPSA) is 60.3 Å². The number of halogens is 5. The van der Waals surface area contributed by atoms with Gasteiger partial charge in [-0.15, -0.1) is 0 Å². The highest BCUT2D eigenvalue weighted by Gasteiger charge is 2.41. The fourth-order valence-corrected chi connectivity index (χ4v) is 5.29. The predicted octanol–water partition coefficient (Wildman–Crippen LogP) is 3.89. The van der Waals surface area contributed by atoms with E-state index in [4.69, 9.17) is 4.74 Å². The van der Waals surface area contributed by atoms with Gasteiger partial charge in [-0.1, -0.05) is 29.7 Å². The van der Waals surface area contributed by atoms with Crippen LogP contribution in [0.1, 0.15) is 11.1 Å². The van der Waals surface area contributed by atoms with E-state index in [0.29, 0.717) is 36.0 Å². The molecule has 1 heterocycles. The Hall–Kier alpha value is -3.38. The summed E-state index contributed by atoms with van der Waals surface area (Å²) < 4.78 is 97.5. The lowest BCUT2D eigenvalue weighted by atomic mass is 9.97. The summed E-state index contributed by atoms with van der Waals surface area (Å²) in [5.74, 6) is -4.77. The summed E-state index contributed by atoms with van der Waals surface area (Å²) in [6.45, 7) is -0.704. The molecule has 4 rings (SSSR count). The number of ether oxygens (including phenoxy) is 1. The van der Waals surface area contributed by atoms with Gasteiger partial charge in [0.05, 0.1) is 10.4 Å². The Morgan fingerprint density at radius 3 is 2.47 bits per heavy atom. The molecule has 4 aromatic rings. The summed E-state index contributed by atoms with van der Waals surface area (Å²) in [7, 11) is -2.12. The third-order valence-electron chi connectivity index (χ3n) is 5.94. The van der Waals surface area contributed by atoms with E-state index in [1.54, 1.807) is 24.3 Å². The van der Waals surface area contributed by atoms with Crippen LogP contribution in [0, 0.1) is 5.82 Å². The Kier molecular flexibility index (Phi) is 8.12. The third kappa shape index (κ3) is 6.19.